The number of fused-ring (bicyclic) bond motifs is 2. The van der Waals surface area contributed by atoms with Gasteiger partial charge in [-0.05, 0) is 57.2 Å². The standard InChI is InChI=1S/C28H26F3N3O5/c1-5-37-16-10-11-22-18(12-16)23(14-27(2,3)39-22)38-26(35)19-15-32-34-24(28(29,30)31)13-20(33-25(19)34)17-8-6-7-9-21(17)36-4/h6-13,15,23H,5,14H2,1-4H3/t23-/m0/s1. The summed E-state index contributed by atoms with van der Waals surface area (Å²) >= 11 is 0. The maximum Gasteiger partial charge on any atom is 0.433 e. The van der Waals surface area contributed by atoms with Crippen molar-refractivity contribution < 1.29 is 36.9 Å². The molecule has 1 aliphatic heterocycles. The van der Waals surface area contributed by atoms with Gasteiger partial charge in [0.15, 0.2) is 11.3 Å². The lowest BCUT2D eigenvalue weighted by Crippen LogP contribution is -2.36. The van der Waals surface area contributed by atoms with E-state index in [2.05, 4.69) is 10.1 Å². The van der Waals surface area contributed by atoms with E-state index in [1.54, 1.807) is 42.5 Å². The van der Waals surface area contributed by atoms with E-state index >= 15 is 0 Å². The zero-order valence-electron chi connectivity index (χ0n) is 21.7. The molecule has 4 aromatic rings. The summed E-state index contributed by atoms with van der Waals surface area (Å²) in [6.07, 6.45) is -4.17. The molecule has 0 spiro atoms. The molecular formula is C28H26F3N3O5. The van der Waals surface area contributed by atoms with Gasteiger partial charge < -0.3 is 18.9 Å². The Morgan fingerprint density at radius 1 is 1.18 bits per heavy atom. The first kappa shape index (κ1) is 26.3. The van der Waals surface area contributed by atoms with Gasteiger partial charge in [0.05, 0.1) is 25.6 Å². The molecule has 0 aliphatic carbocycles. The van der Waals surface area contributed by atoms with Crippen LogP contribution in [0.1, 0.15) is 54.9 Å². The summed E-state index contributed by atoms with van der Waals surface area (Å²) in [7, 11) is 1.41. The molecule has 5 rings (SSSR count). The predicted molar refractivity (Wildman–Crippen MR) is 135 cm³/mol. The Morgan fingerprint density at radius 3 is 2.67 bits per heavy atom. The minimum atomic E-state index is -4.77. The Kier molecular flexibility index (Phi) is 6.61. The molecule has 0 radical (unpaired) electrons. The number of alkyl halides is 3. The average Bonchev–Trinajstić information content (AvgIpc) is 3.31. The Morgan fingerprint density at radius 2 is 1.95 bits per heavy atom. The monoisotopic (exact) mass is 541 g/mol. The third-order valence-electron chi connectivity index (χ3n) is 6.32. The lowest BCUT2D eigenvalue weighted by molar-refractivity contribution is -0.142. The molecular weight excluding hydrogens is 515 g/mol. The topological polar surface area (TPSA) is 84.2 Å². The van der Waals surface area contributed by atoms with Gasteiger partial charge >= 0.3 is 12.1 Å². The highest BCUT2D eigenvalue weighted by molar-refractivity contribution is 5.96. The second-order valence-electron chi connectivity index (χ2n) is 9.61. The van der Waals surface area contributed by atoms with Crippen LogP contribution in [0.3, 0.4) is 0 Å². The van der Waals surface area contributed by atoms with Crippen molar-refractivity contribution in [2.45, 2.75) is 45.1 Å². The van der Waals surface area contributed by atoms with E-state index in [1.165, 1.54) is 7.11 Å². The molecule has 0 N–H and O–H groups in total. The van der Waals surface area contributed by atoms with Crippen molar-refractivity contribution in [3.63, 3.8) is 0 Å². The number of methoxy groups -OCH3 is 1. The van der Waals surface area contributed by atoms with Crippen LogP contribution in [0.15, 0.2) is 54.7 Å². The predicted octanol–water partition coefficient (Wildman–Crippen LogP) is 6.28. The highest BCUT2D eigenvalue weighted by atomic mass is 19.4. The molecule has 0 fully saturated rings. The van der Waals surface area contributed by atoms with Gasteiger partial charge in [0.2, 0.25) is 0 Å². The number of hydrogen-bond acceptors (Lipinski definition) is 7. The minimum absolute atomic E-state index is 0.0271. The van der Waals surface area contributed by atoms with E-state index < -0.39 is 29.5 Å². The zero-order chi connectivity index (χ0) is 27.9. The maximum atomic E-state index is 14.1. The first-order chi connectivity index (χ1) is 18.5. The summed E-state index contributed by atoms with van der Waals surface area (Å²) in [6.45, 7) is 6.02. The molecule has 2 aromatic carbocycles. The van der Waals surface area contributed by atoms with Crippen LogP contribution < -0.4 is 14.2 Å². The van der Waals surface area contributed by atoms with Crippen LogP contribution >= 0.6 is 0 Å². The van der Waals surface area contributed by atoms with Crippen molar-refractivity contribution in [1.82, 2.24) is 14.6 Å². The molecule has 39 heavy (non-hydrogen) atoms. The van der Waals surface area contributed by atoms with Crippen LogP contribution in [-0.2, 0) is 10.9 Å². The molecule has 1 aliphatic rings. The summed E-state index contributed by atoms with van der Waals surface area (Å²) in [5.74, 6) is 0.577. The number of carbonyl (C=O) groups is 1. The first-order valence-electron chi connectivity index (χ1n) is 12.3. The van der Waals surface area contributed by atoms with Crippen LogP contribution in [0, 0.1) is 0 Å². The van der Waals surface area contributed by atoms with E-state index in [-0.39, 0.29) is 16.9 Å². The summed E-state index contributed by atoms with van der Waals surface area (Å²) in [5, 5.41) is 3.85. The van der Waals surface area contributed by atoms with Crippen molar-refractivity contribution in [2.75, 3.05) is 13.7 Å². The molecule has 0 saturated heterocycles. The zero-order valence-corrected chi connectivity index (χ0v) is 21.7. The normalized spacial score (nSPS) is 16.3. The molecule has 8 nitrogen and oxygen atoms in total. The Bertz CT molecular complexity index is 1550. The average molecular weight is 542 g/mol. The highest BCUT2D eigenvalue weighted by Crippen LogP contribution is 2.43. The molecule has 0 saturated carbocycles. The van der Waals surface area contributed by atoms with Crippen molar-refractivity contribution in [3.05, 3.63) is 71.5 Å². The van der Waals surface area contributed by atoms with E-state index in [9.17, 15) is 18.0 Å². The summed E-state index contributed by atoms with van der Waals surface area (Å²) in [5.41, 5.74) is -1.34. The van der Waals surface area contributed by atoms with Crippen molar-refractivity contribution in [2.24, 2.45) is 0 Å². The largest absolute Gasteiger partial charge is 0.496 e. The second kappa shape index (κ2) is 9.79. The lowest BCUT2D eigenvalue weighted by Gasteiger charge is -2.37. The number of nitrogens with zero attached hydrogens (tertiary/aromatic N) is 3. The van der Waals surface area contributed by atoms with Gasteiger partial charge in [0.25, 0.3) is 0 Å². The number of carbonyl (C=O) groups excluding carboxylic acids is 1. The highest BCUT2D eigenvalue weighted by Gasteiger charge is 2.39. The fraction of sp³-hybridized carbons (Fsp3) is 0.321. The third kappa shape index (κ3) is 5.08. The number of para-hydroxylation sites is 1. The second-order valence-corrected chi connectivity index (χ2v) is 9.61. The summed E-state index contributed by atoms with van der Waals surface area (Å²) in [6, 6.07) is 12.7. The summed E-state index contributed by atoms with van der Waals surface area (Å²) < 4.78 is 65.7. The lowest BCUT2D eigenvalue weighted by atomic mass is 9.91. The van der Waals surface area contributed by atoms with Crippen molar-refractivity contribution in [3.8, 4) is 28.5 Å². The van der Waals surface area contributed by atoms with Gasteiger partial charge in [-0.2, -0.15) is 18.3 Å². The number of benzene rings is 2. The fourth-order valence-electron chi connectivity index (χ4n) is 4.62. The van der Waals surface area contributed by atoms with Crippen molar-refractivity contribution >= 4 is 11.6 Å². The first-order valence-corrected chi connectivity index (χ1v) is 12.3. The quantitative estimate of drug-likeness (QED) is 0.266. The van der Waals surface area contributed by atoms with Gasteiger partial charge in [-0.3, -0.25) is 0 Å². The Hall–Kier alpha value is -4.28. The van der Waals surface area contributed by atoms with E-state index in [0.717, 1.165) is 12.3 Å². The van der Waals surface area contributed by atoms with Gasteiger partial charge in [-0.15, -0.1) is 0 Å². The van der Waals surface area contributed by atoms with Gasteiger partial charge in [-0.25, -0.2) is 14.3 Å². The smallest absolute Gasteiger partial charge is 0.433 e. The van der Waals surface area contributed by atoms with Crippen LogP contribution in [-0.4, -0.2) is 39.9 Å². The molecule has 1 atom stereocenters. The molecule has 2 aromatic heterocycles. The maximum absolute atomic E-state index is 14.1. The molecule has 0 amide bonds. The molecule has 204 valence electrons. The van der Waals surface area contributed by atoms with Gasteiger partial charge in [0, 0.05) is 17.5 Å². The van der Waals surface area contributed by atoms with E-state index in [1.807, 2.05) is 20.8 Å². The molecule has 11 heteroatoms. The van der Waals surface area contributed by atoms with Gasteiger partial charge in [-0.1, -0.05) is 12.1 Å². The summed E-state index contributed by atoms with van der Waals surface area (Å²) in [4.78, 5) is 17.8. The SMILES string of the molecule is CCOc1ccc2c(c1)[C@@H](OC(=O)c1cnn3c(C(F)(F)F)cc(-c4ccccc4OC)nc13)CC(C)(C)O2. The fourth-order valence-corrected chi connectivity index (χ4v) is 4.62. The molecule has 0 bridgehead atoms. The Balaban J connectivity index is 1.58. The van der Waals surface area contributed by atoms with E-state index in [4.69, 9.17) is 18.9 Å². The molecule has 3 heterocycles. The van der Waals surface area contributed by atoms with Crippen LogP contribution in [0.4, 0.5) is 13.2 Å². The number of ether oxygens (including phenoxy) is 4. The number of halogens is 3. The Labute approximate surface area is 222 Å². The van der Waals surface area contributed by atoms with Crippen LogP contribution in [0.5, 0.6) is 17.2 Å². The third-order valence-corrected chi connectivity index (χ3v) is 6.32. The molecule has 0 unspecified atom stereocenters. The minimum Gasteiger partial charge on any atom is -0.496 e. The van der Waals surface area contributed by atoms with Crippen LogP contribution in [0.25, 0.3) is 16.9 Å². The number of esters is 1. The number of rotatable bonds is 6. The number of hydrogen-bond donors (Lipinski definition) is 0. The van der Waals surface area contributed by atoms with Crippen molar-refractivity contribution in [1.29, 1.82) is 0 Å². The van der Waals surface area contributed by atoms with E-state index in [0.29, 0.717) is 45.9 Å². The number of aromatic nitrogens is 3. The van der Waals surface area contributed by atoms with Gasteiger partial charge in [0.1, 0.15) is 34.5 Å². The van der Waals surface area contributed by atoms with Crippen LogP contribution in [0.2, 0.25) is 0 Å².